The Labute approximate surface area is 135 Å². The van der Waals surface area contributed by atoms with Crippen LogP contribution in [-0.2, 0) is 0 Å². The fraction of sp³-hybridized carbons (Fsp3) is 0. The zero-order chi connectivity index (χ0) is 14.1. The van der Waals surface area contributed by atoms with Crippen LogP contribution in [0, 0.1) is 3.57 Å². The van der Waals surface area contributed by atoms with Crippen LogP contribution in [0.2, 0.25) is 5.02 Å². The summed E-state index contributed by atoms with van der Waals surface area (Å²) in [6.07, 6.45) is 1.75. The van der Waals surface area contributed by atoms with Crippen molar-refractivity contribution in [3.63, 3.8) is 0 Å². The Bertz CT molecular complexity index is 789. The van der Waals surface area contributed by atoms with Crippen LogP contribution in [0.15, 0.2) is 48.7 Å². The molecule has 0 aliphatic rings. The maximum atomic E-state index is 6.25. The molecule has 3 rings (SSSR count). The van der Waals surface area contributed by atoms with Gasteiger partial charge in [-0.2, -0.15) is 0 Å². The third-order valence-electron chi connectivity index (χ3n) is 3.00. The second-order valence-electron chi connectivity index (χ2n) is 4.35. The second-order valence-corrected chi connectivity index (χ2v) is 6.00. The van der Waals surface area contributed by atoms with Gasteiger partial charge in [-0.15, -0.1) is 0 Å². The molecule has 0 amide bonds. The van der Waals surface area contributed by atoms with E-state index in [0.717, 1.165) is 25.8 Å². The standard InChI is InChI=1S/C15H11ClIN3/c16-11-8-9(17)3-5-13(11)20-14-6-4-12(18)10-2-1-7-19-15(10)14/h1-8,20H,18H2. The van der Waals surface area contributed by atoms with Crippen molar-refractivity contribution in [1.82, 2.24) is 4.98 Å². The van der Waals surface area contributed by atoms with Crippen LogP contribution in [0.1, 0.15) is 0 Å². The Kier molecular flexibility index (Phi) is 3.67. The van der Waals surface area contributed by atoms with Gasteiger partial charge >= 0.3 is 0 Å². The quantitative estimate of drug-likeness (QED) is 0.483. The van der Waals surface area contributed by atoms with E-state index in [2.05, 4.69) is 32.9 Å². The molecular formula is C15H11ClIN3. The van der Waals surface area contributed by atoms with E-state index in [0.29, 0.717) is 10.7 Å². The monoisotopic (exact) mass is 395 g/mol. The molecule has 0 saturated carbocycles. The normalized spacial score (nSPS) is 10.7. The van der Waals surface area contributed by atoms with E-state index in [1.54, 1.807) is 6.20 Å². The number of anilines is 3. The van der Waals surface area contributed by atoms with Crippen molar-refractivity contribution < 1.29 is 0 Å². The summed E-state index contributed by atoms with van der Waals surface area (Å²) >= 11 is 8.48. The van der Waals surface area contributed by atoms with E-state index in [-0.39, 0.29) is 0 Å². The van der Waals surface area contributed by atoms with Crippen molar-refractivity contribution in [2.24, 2.45) is 0 Å². The maximum absolute atomic E-state index is 6.25. The zero-order valence-corrected chi connectivity index (χ0v) is 13.3. The van der Waals surface area contributed by atoms with E-state index in [4.69, 9.17) is 17.3 Å². The van der Waals surface area contributed by atoms with Gasteiger partial charge in [0.05, 0.1) is 21.9 Å². The van der Waals surface area contributed by atoms with Crippen LogP contribution >= 0.6 is 34.2 Å². The molecule has 5 heteroatoms. The number of nitrogen functional groups attached to an aromatic ring is 1. The molecule has 1 aromatic heterocycles. The van der Waals surface area contributed by atoms with Crippen LogP contribution < -0.4 is 11.1 Å². The van der Waals surface area contributed by atoms with Gasteiger partial charge in [0.15, 0.2) is 0 Å². The molecule has 0 aliphatic carbocycles. The highest BCUT2D eigenvalue weighted by molar-refractivity contribution is 14.1. The molecule has 0 unspecified atom stereocenters. The Morgan fingerprint density at radius 2 is 1.90 bits per heavy atom. The summed E-state index contributed by atoms with van der Waals surface area (Å²) in [4.78, 5) is 4.40. The summed E-state index contributed by atoms with van der Waals surface area (Å²) in [7, 11) is 0. The predicted octanol–water partition coefficient (Wildman–Crippen LogP) is 4.82. The smallest absolute Gasteiger partial charge is 0.0957 e. The molecule has 20 heavy (non-hydrogen) atoms. The molecule has 0 fully saturated rings. The van der Waals surface area contributed by atoms with Gasteiger partial charge in [-0.25, -0.2) is 0 Å². The van der Waals surface area contributed by atoms with Crippen molar-refractivity contribution in [2.45, 2.75) is 0 Å². The van der Waals surface area contributed by atoms with Gasteiger partial charge in [-0.3, -0.25) is 4.98 Å². The third-order valence-corrected chi connectivity index (χ3v) is 3.99. The van der Waals surface area contributed by atoms with Gasteiger partial charge in [0.2, 0.25) is 0 Å². The van der Waals surface area contributed by atoms with Crippen molar-refractivity contribution >= 4 is 62.2 Å². The fourth-order valence-electron chi connectivity index (χ4n) is 2.03. The van der Waals surface area contributed by atoms with Crippen LogP contribution in [0.5, 0.6) is 0 Å². The zero-order valence-electron chi connectivity index (χ0n) is 10.4. The van der Waals surface area contributed by atoms with Gasteiger partial charge in [0.1, 0.15) is 0 Å². The van der Waals surface area contributed by atoms with Crippen molar-refractivity contribution in [2.75, 3.05) is 11.1 Å². The van der Waals surface area contributed by atoms with E-state index < -0.39 is 0 Å². The highest BCUT2D eigenvalue weighted by atomic mass is 127. The summed E-state index contributed by atoms with van der Waals surface area (Å²) < 4.78 is 1.10. The number of hydrogen-bond donors (Lipinski definition) is 2. The van der Waals surface area contributed by atoms with E-state index >= 15 is 0 Å². The molecule has 3 nitrogen and oxygen atoms in total. The number of halogens is 2. The Morgan fingerprint density at radius 3 is 2.70 bits per heavy atom. The van der Waals surface area contributed by atoms with E-state index in [1.807, 2.05) is 42.5 Å². The number of aromatic nitrogens is 1. The largest absolute Gasteiger partial charge is 0.398 e. The van der Waals surface area contributed by atoms with E-state index in [9.17, 15) is 0 Å². The van der Waals surface area contributed by atoms with Crippen LogP contribution in [0.25, 0.3) is 10.9 Å². The van der Waals surface area contributed by atoms with Crippen LogP contribution in [0.3, 0.4) is 0 Å². The number of hydrogen-bond acceptors (Lipinski definition) is 3. The molecule has 0 aliphatic heterocycles. The van der Waals surface area contributed by atoms with Gasteiger partial charge in [0.25, 0.3) is 0 Å². The first-order valence-corrected chi connectivity index (χ1v) is 7.46. The topological polar surface area (TPSA) is 50.9 Å². The fourth-order valence-corrected chi connectivity index (χ4v) is 2.93. The number of benzene rings is 2. The van der Waals surface area contributed by atoms with E-state index in [1.165, 1.54) is 0 Å². The minimum atomic E-state index is 0.679. The van der Waals surface area contributed by atoms with Crippen LogP contribution in [0.4, 0.5) is 17.1 Å². The second kappa shape index (κ2) is 5.46. The molecule has 100 valence electrons. The summed E-state index contributed by atoms with van der Waals surface area (Å²) in [6.45, 7) is 0. The lowest BCUT2D eigenvalue weighted by Crippen LogP contribution is -1.96. The minimum absolute atomic E-state index is 0.679. The third kappa shape index (κ3) is 2.53. The van der Waals surface area contributed by atoms with Crippen molar-refractivity contribution in [1.29, 1.82) is 0 Å². The van der Waals surface area contributed by atoms with Crippen LogP contribution in [-0.4, -0.2) is 4.98 Å². The predicted molar refractivity (Wildman–Crippen MR) is 93.6 cm³/mol. The van der Waals surface area contributed by atoms with Gasteiger partial charge in [-0.1, -0.05) is 11.6 Å². The molecule has 2 aromatic carbocycles. The average molecular weight is 396 g/mol. The number of pyridine rings is 1. The summed E-state index contributed by atoms with van der Waals surface area (Å²) in [5.41, 5.74) is 9.26. The number of rotatable bonds is 2. The minimum Gasteiger partial charge on any atom is -0.398 e. The molecule has 0 spiro atoms. The summed E-state index contributed by atoms with van der Waals surface area (Å²) in [6, 6.07) is 13.5. The SMILES string of the molecule is Nc1ccc(Nc2ccc(I)cc2Cl)c2ncccc12. The highest BCUT2D eigenvalue weighted by Crippen LogP contribution is 2.32. The van der Waals surface area contributed by atoms with Crippen molar-refractivity contribution in [3.8, 4) is 0 Å². The molecule has 0 bridgehead atoms. The van der Waals surface area contributed by atoms with Gasteiger partial charge < -0.3 is 11.1 Å². The van der Waals surface area contributed by atoms with Gasteiger partial charge in [-0.05, 0) is 65.1 Å². The lowest BCUT2D eigenvalue weighted by atomic mass is 10.1. The van der Waals surface area contributed by atoms with Gasteiger partial charge in [0, 0.05) is 20.8 Å². The molecule has 1 heterocycles. The average Bonchev–Trinajstić information content (AvgIpc) is 2.45. The number of fused-ring (bicyclic) bond motifs is 1. The molecule has 0 radical (unpaired) electrons. The maximum Gasteiger partial charge on any atom is 0.0957 e. The first kappa shape index (κ1) is 13.5. The molecule has 3 aromatic rings. The number of nitrogens with zero attached hydrogens (tertiary/aromatic N) is 1. The Morgan fingerprint density at radius 1 is 1.10 bits per heavy atom. The molecule has 3 N–H and O–H groups in total. The summed E-state index contributed by atoms with van der Waals surface area (Å²) in [5.74, 6) is 0. The first-order valence-electron chi connectivity index (χ1n) is 6.00. The lowest BCUT2D eigenvalue weighted by molar-refractivity contribution is 1.40. The molecule has 0 saturated heterocycles. The first-order chi connectivity index (χ1) is 9.65. The Balaban J connectivity index is 2.09. The molecule has 0 atom stereocenters. The lowest BCUT2D eigenvalue weighted by Gasteiger charge is -2.12. The Hall–Kier alpha value is -1.53. The van der Waals surface area contributed by atoms with Crippen molar-refractivity contribution in [3.05, 3.63) is 57.3 Å². The number of nitrogens with one attached hydrogen (secondary N) is 1. The number of nitrogens with two attached hydrogens (primary N) is 1. The molecular weight excluding hydrogens is 385 g/mol. The highest BCUT2D eigenvalue weighted by Gasteiger charge is 2.07. The summed E-state index contributed by atoms with van der Waals surface area (Å²) in [5, 5.41) is 4.92.